The summed E-state index contributed by atoms with van der Waals surface area (Å²) in [5.41, 5.74) is 2.03. The van der Waals surface area contributed by atoms with Crippen molar-refractivity contribution >= 4 is 33.3 Å². The van der Waals surface area contributed by atoms with Crippen molar-refractivity contribution in [3.63, 3.8) is 0 Å². The predicted molar refractivity (Wildman–Crippen MR) is 119 cm³/mol. The van der Waals surface area contributed by atoms with Crippen LogP contribution >= 0.6 is 11.3 Å². The molecule has 158 valence electrons. The van der Waals surface area contributed by atoms with Crippen LogP contribution in [-0.2, 0) is 11.2 Å². The first-order chi connectivity index (χ1) is 14.7. The summed E-state index contributed by atoms with van der Waals surface area (Å²) >= 11 is 1.40. The molecule has 0 bridgehead atoms. The highest BCUT2D eigenvalue weighted by Gasteiger charge is 2.20. The standard InChI is InChI=1S/C22H26N4O3S/c1-14-18-20(24-12-17-7-4-10-29-17)25-13-26-22(18)30-19(14)21(27)23-9-8-15-5-3-6-16(11-15)28-2/h3,5-6,11,13,17H,4,7-10,12H2,1-2H3,(H,23,27)(H,24,25,26)/t17-/m1/s1. The molecular formula is C22H26N4O3S. The van der Waals surface area contributed by atoms with E-state index < -0.39 is 0 Å². The number of carbonyl (C=O) groups excluding carboxylic acids is 1. The van der Waals surface area contributed by atoms with E-state index in [1.54, 1.807) is 13.4 Å². The summed E-state index contributed by atoms with van der Waals surface area (Å²) in [6.07, 6.45) is 4.66. The molecule has 0 unspecified atom stereocenters. The number of benzene rings is 1. The maximum Gasteiger partial charge on any atom is 0.261 e. The molecule has 0 spiro atoms. The molecule has 4 rings (SSSR count). The number of nitrogens with one attached hydrogen (secondary N) is 2. The maximum atomic E-state index is 12.8. The molecule has 3 heterocycles. The fraction of sp³-hybridized carbons (Fsp3) is 0.409. The molecule has 2 aromatic heterocycles. The van der Waals surface area contributed by atoms with Crippen molar-refractivity contribution in [2.24, 2.45) is 0 Å². The van der Waals surface area contributed by atoms with E-state index in [9.17, 15) is 4.79 Å². The molecule has 1 saturated heterocycles. The van der Waals surface area contributed by atoms with E-state index >= 15 is 0 Å². The quantitative estimate of drug-likeness (QED) is 0.573. The molecule has 8 heteroatoms. The number of amides is 1. The first-order valence-corrected chi connectivity index (χ1v) is 11.0. The van der Waals surface area contributed by atoms with Crippen molar-refractivity contribution in [2.45, 2.75) is 32.3 Å². The van der Waals surface area contributed by atoms with Gasteiger partial charge in [0, 0.05) is 19.7 Å². The molecule has 1 aliphatic rings. The van der Waals surface area contributed by atoms with Crippen LogP contribution < -0.4 is 15.4 Å². The lowest BCUT2D eigenvalue weighted by atomic mass is 10.1. The molecule has 0 radical (unpaired) electrons. The number of methoxy groups -OCH3 is 1. The number of ether oxygens (including phenoxy) is 2. The molecule has 3 aromatic rings. The zero-order valence-electron chi connectivity index (χ0n) is 17.2. The molecule has 0 saturated carbocycles. The SMILES string of the molecule is COc1cccc(CCNC(=O)c2sc3ncnc(NC[C@H]4CCCO4)c3c2C)c1. The van der Waals surface area contributed by atoms with E-state index in [1.807, 2.05) is 31.2 Å². The first-order valence-electron chi connectivity index (χ1n) is 10.2. The lowest BCUT2D eigenvalue weighted by Gasteiger charge is -2.12. The Balaban J connectivity index is 1.43. The Hall–Kier alpha value is -2.71. The van der Waals surface area contributed by atoms with Gasteiger partial charge in [0.05, 0.1) is 23.5 Å². The molecule has 1 aliphatic heterocycles. The monoisotopic (exact) mass is 426 g/mol. The number of anilines is 1. The van der Waals surface area contributed by atoms with Gasteiger partial charge in [0.2, 0.25) is 0 Å². The van der Waals surface area contributed by atoms with E-state index in [0.29, 0.717) is 18.0 Å². The highest BCUT2D eigenvalue weighted by atomic mass is 32.1. The third-order valence-corrected chi connectivity index (χ3v) is 6.49. The first kappa shape index (κ1) is 20.6. The van der Waals surface area contributed by atoms with Crippen LogP contribution in [-0.4, -0.2) is 48.8 Å². The molecule has 1 amide bonds. The summed E-state index contributed by atoms with van der Waals surface area (Å²) in [4.78, 5) is 23.1. The van der Waals surface area contributed by atoms with Crippen molar-refractivity contribution in [2.75, 3.05) is 32.1 Å². The summed E-state index contributed by atoms with van der Waals surface area (Å²) in [5, 5.41) is 7.33. The molecule has 7 nitrogen and oxygen atoms in total. The second-order valence-corrected chi connectivity index (χ2v) is 8.33. The normalized spacial score (nSPS) is 16.0. The number of hydrogen-bond acceptors (Lipinski definition) is 7. The topological polar surface area (TPSA) is 85.4 Å². The van der Waals surface area contributed by atoms with Gasteiger partial charge in [0.1, 0.15) is 22.7 Å². The molecule has 30 heavy (non-hydrogen) atoms. The van der Waals surface area contributed by atoms with E-state index in [1.165, 1.54) is 11.3 Å². The summed E-state index contributed by atoms with van der Waals surface area (Å²) in [7, 11) is 1.65. The maximum absolute atomic E-state index is 12.8. The molecule has 2 N–H and O–H groups in total. The number of hydrogen-bond donors (Lipinski definition) is 2. The number of fused-ring (bicyclic) bond motifs is 1. The van der Waals surface area contributed by atoms with Gasteiger partial charge in [0.15, 0.2) is 0 Å². The number of aryl methyl sites for hydroxylation is 1. The van der Waals surface area contributed by atoms with Crippen LogP contribution in [0.25, 0.3) is 10.2 Å². The van der Waals surface area contributed by atoms with Crippen LogP contribution in [0.3, 0.4) is 0 Å². The number of rotatable bonds is 8. The highest BCUT2D eigenvalue weighted by Crippen LogP contribution is 2.33. The van der Waals surface area contributed by atoms with Crippen molar-refractivity contribution in [1.29, 1.82) is 0 Å². The fourth-order valence-corrected chi connectivity index (χ4v) is 4.73. The molecule has 1 fully saturated rings. The van der Waals surface area contributed by atoms with E-state index in [-0.39, 0.29) is 12.0 Å². The zero-order valence-corrected chi connectivity index (χ0v) is 18.1. The smallest absolute Gasteiger partial charge is 0.261 e. The Kier molecular flexibility index (Phi) is 6.44. The van der Waals surface area contributed by atoms with Gasteiger partial charge >= 0.3 is 0 Å². The predicted octanol–water partition coefficient (Wildman–Crippen LogP) is 3.57. The number of carbonyl (C=O) groups is 1. The summed E-state index contributed by atoms with van der Waals surface area (Å²) < 4.78 is 10.9. The summed E-state index contributed by atoms with van der Waals surface area (Å²) in [5.74, 6) is 1.50. The summed E-state index contributed by atoms with van der Waals surface area (Å²) in [6.45, 7) is 4.04. The second-order valence-electron chi connectivity index (χ2n) is 7.33. The average Bonchev–Trinajstić information content (AvgIpc) is 3.40. The van der Waals surface area contributed by atoms with Gasteiger partial charge in [-0.05, 0) is 49.4 Å². The number of aromatic nitrogens is 2. The second kappa shape index (κ2) is 9.40. The van der Waals surface area contributed by atoms with Gasteiger partial charge < -0.3 is 20.1 Å². The molecule has 1 aromatic carbocycles. The van der Waals surface area contributed by atoms with Gasteiger partial charge in [0.25, 0.3) is 5.91 Å². The van der Waals surface area contributed by atoms with Gasteiger partial charge in [-0.3, -0.25) is 4.79 Å². The van der Waals surface area contributed by atoms with Gasteiger partial charge in [-0.25, -0.2) is 9.97 Å². The van der Waals surface area contributed by atoms with Crippen LogP contribution in [0.1, 0.15) is 33.6 Å². The van der Waals surface area contributed by atoms with Crippen LogP contribution in [0.2, 0.25) is 0 Å². The Morgan fingerprint density at radius 2 is 2.27 bits per heavy atom. The van der Waals surface area contributed by atoms with Crippen molar-refractivity contribution in [1.82, 2.24) is 15.3 Å². The highest BCUT2D eigenvalue weighted by molar-refractivity contribution is 7.20. The van der Waals surface area contributed by atoms with Crippen LogP contribution in [0, 0.1) is 6.92 Å². The minimum absolute atomic E-state index is 0.0801. The van der Waals surface area contributed by atoms with Gasteiger partial charge in [-0.15, -0.1) is 11.3 Å². The van der Waals surface area contributed by atoms with Crippen molar-refractivity contribution < 1.29 is 14.3 Å². The van der Waals surface area contributed by atoms with Gasteiger partial charge in [-0.1, -0.05) is 12.1 Å². The van der Waals surface area contributed by atoms with Crippen LogP contribution in [0.4, 0.5) is 5.82 Å². The Labute approximate surface area is 179 Å². The minimum Gasteiger partial charge on any atom is -0.497 e. The lowest BCUT2D eigenvalue weighted by Crippen LogP contribution is -2.25. The lowest BCUT2D eigenvalue weighted by molar-refractivity contribution is 0.0957. The van der Waals surface area contributed by atoms with Crippen molar-refractivity contribution in [3.8, 4) is 5.75 Å². The van der Waals surface area contributed by atoms with E-state index in [2.05, 4.69) is 20.6 Å². The third-order valence-electron chi connectivity index (χ3n) is 5.29. The largest absolute Gasteiger partial charge is 0.497 e. The van der Waals surface area contributed by atoms with Crippen LogP contribution in [0.15, 0.2) is 30.6 Å². The Bertz CT molecular complexity index is 1030. The van der Waals surface area contributed by atoms with E-state index in [4.69, 9.17) is 9.47 Å². The summed E-state index contributed by atoms with van der Waals surface area (Å²) in [6, 6.07) is 7.88. The van der Waals surface area contributed by atoms with Crippen LogP contribution in [0.5, 0.6) is 5.75 Å². The van der Waals surface area contributed by atoms with Crippen molar-refractivity contribution in [3.05, 3.63) is 46.6 Å². The Morgan fingerprint density at radius 3 is 3.07 bits per heavy atom. The number of thiophene rings is 1. The third kappa shape index (κ3) is 4.55. The minimum atomic E-state index is -0.0801. The zero-order chi connectivity index (χ0) is 20.9. The fourth-order valence-electron chi connectivity index (χ4n) is 3.67. The molecular weight excluding hydrogens is 400 g/mol. The van der Waals surface area contributed by atoms with E-state index in [0.717, 1.165) is 58.8 Å². The molecule has 0 aliphatic carbocycles. The molecule has 1 atom stereocenters. The Morgan fingerprint density at radius 1 is 1.37 bits per heavy atom. The number of nitrogens with zero attached hydrogens (tertiary/aromatic N) is 2. The average molecular weight is 427 g/mol. The van der Waals surface area contributed by atoms with Gasteiger partial charge in [-0.2, -0.15) is 0 Å².